The first-order valence-electron chi connectivity index (χ1n) is 6.14. The molecule has 0 heterocycles. The van der Waals surface area contributed by atoms with Crippen LogP contribution < -0.4 is 0 Å². The number of aliphatic hydroxyl groups is 1. The third-order valence-electron chi connectivity index (χ3n) is 3.22. The second-order valence-corrected chi connectivity index (χ2v) is 4.69. The van der Waals surface area contributed by atoms with E-state index in [1.165, 1.54) is 12.0 Å². The Labute approximate surface area is 97.3 Å². The topological polar surface area (TPSA) is 29.5 Å². The molecule has 0 radical (unpaired) electrons. The van der Waals surface area contributed by atoms with Gasteiger partial charge >= 0.3 is 0 Å². The van der Waals surface area contributed by atoms with Crippen LogP contribution in [0.25, 0.3) is 0 Å². The van der Waals surface area contributed by atoms with Crippen LogP contribution in [0.4, 0.5) is 0 Å². The lowest BCUT2D eigenvalue weighted by atomic mass is 9.88. The van der Waals surface area contributed by atoms with Gasteiger partial charge in [-0.3, -0.25) is 0 Å². The third kappa shape index (κ3) is 3.62. The number of benzene rings is 1. The van der Waals surface area contributed by atoms with Gasteiger partial charge in [-0.2, -0.15) is 0 Å². The maximum atomic E-state index is 9.54. The molecule has 1 aliphatic rings. The Hall–Kier alpha value is -0.860. The molecule has 1 N–H and O–H groups in total. The highest BCUT2D eigenvalue weighted by Crippen LogP contribution is 2.24. The van der Waals surface area contributed by atoms with Crippen molar-refractivity contribution >= 4 is 0 Å². The van der Waals surface area contributed by atoms with E-state index in [-0.39, 0.29) is 6.10 Å². The molecule has 0 saturated heterocycles. The van der Waals surface area contributed by atoms with Crippen molar-refractivity contribution in [3.8, 4) is 0 Å². The zero-order valence-electron chi connectivity index (χ0n) is 9.64. The summed E-state index contributed by atoms with van der Waals surface area (Å²) < 4.78 is 5.70. The van der Waals surface area contributed by atoms with E-state index >= 15 is 0 Å². The van der Waals surface area contributed by atoms with E-state index in [4.69, 9.17) is 4.74 Å². The quantitative estimate of drug-likeness (QED) is 0.845. The molecule has 2 rings (SSSR count). The first-order chi connectivity index (χ1) is 7.84. The molecule has 1 aromatic rings. The van der Waals surface area contributed by atoms with Crippen LogP contribution in [0.15, 0.2) is 30.3 Å². The number of aliphatic hydroxyl groups excluding tert-OH is 1. The second kappa shape index (κ2) is 6.02. The molecular formula is C14H20O2. The molecule has 16 heavy (non-hydrogen) atoms. The van der Waals surface area contributed by atoms with Crippen molar-refractivity contribution in [3.63, 3.8) is 0 Å². The summed E-state index contributed by atoms with van der Waals surface area (Å²) in [6, 6.07) is 10.2. The van der Waals surface area contributed by atoms with E-state index in [9.17, 15) is 5.11 Å². The summed E-state index contributed by atoms with van der Waals surface area (Å²) in [6.45, 7) is 1.47. The predicted octanol–water partition coefficient (Wildman–Crippen LogP) is 2.75. The molecule has 0 bridgehead atoms. The first kappa shape index (κ1) is 11.6. The van der Waals surface area contributed by atoms with Gasteiger partial charge in [0.1, 0.15) is 0 Å². The Bertz CT molecular complexity index is 297. The minimum atomic E-state index is -0.0981. The summed E-state index contributed by atoms with van der Waals surface area (Å²) >= 11 is 0. The van der Waals surface area contributed by atoms with E-state index < -0.39 is 0 Å². The van der Waals surface area contributed by atoms with Gasteiger partial charge in [0, 0.05) is 6.61 Å². The highest BCUT2D eigenvalue weighted by Gasteiger charge is 2.19. The van der Waals surface area contributed by atoms with Crippen molar-refractivity contribution in [1.82, 2.24) is 0 Å². The molecule has 0 spiro atoms. The monoisotopic (exact) mass is 220 g/mol. The molecular weight excluding hydrogens is 200 g/mol. The zero-order valence-corrected chi connectivity index (χ0v) is 9.64. The molecule has 0 amide bonds. The van der Waals surface area contributed by atoms with Crippen molar-refractivity contribution < 1.29 is 9.84 Å². The summed E-state index contributed by atoms with van der Waals surface area (Å²) in [7, 11) is 0. The van der Waals surface area contributed by atoms with Gasteiger partial charge in [0.25, 0.3) is 0 Å². The van der Waals surface area contributed by atoms with Crippen molar-refractivity contribution in [3.05, 3.63) is 35.9 Å². The van der Waals surface area contributed by atoms with Gasteiger partial charge in [-0.15, -0.1) is 0 Å². The lowest BCUT2D eigenvalue weighted by Gasteiger charge is -2.25. The highest BCUT2D eigenvalue weighted by molar-refractivity contribution is 5.13. The Morgan fingerprint density at radius 3 is 2.75 bits per heavy atom. The van der Waals surface area contributed by atoms with Crippen LogP contribution in [0, 0.1) is 5.92 Å². The standard InChI is InChI=1S/C14H20O2/c15-14-8-4-7-13(9-14)11-16-10-12-5-2-1-3-6-12/h1-3,5-6,13-15H,4,7-11H2/t13-,14+/m0/s1. The van der Waals surface area contributed by atoms with Crippen molar-refractivity contribution in [1.29, 1.82) is 0 Å². The van der Waals surface area contributed by atoms with Crippen molar-refractivity contribution in [2.45, 2.75) is 38.4 Å². The molecule has 0 unspecified atom stereocenters. The number of hydrogen-bond donors (Lipinski definition) is 1. The molecule has 0 aromatic heterocycles. The van der Waals surface area contributed by atoms with Gasteiger partial charge in [-0.05, 0) is 30.7 Å². The molecule has 1 fully saturated rings. The number of hydrogen-bond acceptors (Lipinski definition) is 2. The first-order valence-corrected chi connectivity index (χ1v) is 6.14. The zero-order chi connectivity index (χ0) is 11.2. The lowest BCUT2D eigenvalue weighted by Crippen LogP contribution is -2.22. The lowest BCUT2D eigenvalue weighted by molar-refractivity contribution is 0.0349. The molecule has 0 aliphatic heterocycles. The largest absolute Gasteiger partial charge is 0.393 e. The molecule has 1 aliphatic carbocycles. The van der Waals surface area contributed by atoms with Gasteiger partial charge in [-0.1, -0.05) is 36.8 Å². The number of rotatable bonds is 4. The Morgan fingerprint density at radius 2 is 2.00 bits per heavy atom. The van der Waals surface area contributed by atoms with Crippen LogP contribution in [-0.2, 0) is 11.3 Å². The van der Waals surface area contributed by atoms with Gasteiger partial charge < -0.3 is 9.84 Å². The predicted molar refractivity (Wildman–Crippen MR) is 64.1 cm³/mol. The van der Waals surface area contributed by atoms with E-state index in [0.29, 0.717) is 12.5 Å². The molecule has 2 nitrogen and oxygen atoms in total. The minimum Gasteiger partial charge on any atom is -0.393 e. The van der Waals surface area contributed by atoms with Crippen molar-refractivity contribution in [2.24, 2.45) is 5.92 Å². The van der Waals surface area contributed by atoms with E-state index in [1.807, 2.05) is 18.2 Å². The average molecular weight is 220 g/mol. The number of ether oxygens (including phenoxy) is 1. The molecule has 2 heteroatoms. The normalized spacial score (nSPS) is 25.6. The smallest absolute Gasteiger partial charge is 0.0717 e. The second-order valence-electron chi connectivity index (χ2n) is 4.69. The van der Waals surface area contributed by atoms with Crippen LogP contribution >= 0.6 is 0 Å². The van der Waals surface area contributed by atoms with Gasteiger partial charge in [0.05, 0.1) is 12.7 Å². The van der Waals surface area contributed by atoms with E-state index in [0.717, 1.165) is 25.9 Å². The maximum Gasteiger partial charge on any atom is 0.0717 e. The molecule has 1 aromatic carbocycles. The summed E-state index contributed by atoms with van der Waals surface area (Å²) in [4.78, 5) is 0. The van der Waals surface area contributed by atoms with Crippen LogP contribution in [0.2, 0.25) is 0 Å². The fourth-order valence-corrected chi connectivity index (χ4v) is 2.33. The summed E-state index contributed by atoms with van der Waals surface area (Å²) in [5.74, 6) is 0.549. The van der Waals surface area contributed by atoms with Crippen molar-refractivity contribution in [2.75, 3.05) is 6.61 Å². The molecule has 2 atom stereocenters. The molecule has 88 valence electrons. The van der Waals surface area contributed by atoms with Crippen LogP contribution in [0.3, 0.4) is 0 Å². The van der Waals surface area contributed by atoms with E-state index in [1.54, 1.807) is 0 Å². The van der Waals surface area contributed by atoms with Gasteiger partial charge in [0.2, 0.25) is 0 Å². The Balaban J connectivity index is 1.68. The SMILES string of the molecule is O[C@@H]1CCC[C@H](COCc2ccccc2)C1. The summed E-state index contributed by atoms with van der Waals surface area (Å²) in [5.41, 5.74) is 1.22. The van der Waals surface area contributed by atoms with Crippen LogP contribution in [0.5, 0.6) is 0 Å². The Kier molecular flexibility index (Phi) is 4.37. The Morgan fingerprint density at radius 1 is 1.19 bits per heavy atom. The average Bonchev–Trinajstić information content (AvgIpc) is 2.30. The highest BCUT2D eigenvalue weighted by atomic mass is 16.5. The molecule has 1 saturated carbocycles. The fraction of sp³-hybridized carbons (Fsp3) is 0.571. The third-order valence-corrected chi connectivity index (χ3v) is 3.22. The van der Waals surface area contributed by atoms with E-state index in [2.05, 4.69) is 12.1 Å². The fourth-order valence-electron chi connectivity index (χ4n) is 2.33. The van der Waals surface area contributed by atoms with Gasteiger partial charge in [0.15, 0.2) is 0 Å². The maximum absolute atomic E-state index is 9.54. The summed E-state index contributed by atoms with van der Waals surface area (Å²) in [6.07, 6.45) is 4.12. The van der Waals surface area contributed by atoms with Gasteiger partial charge in [-0.25, -0.2) is 0 Å². The summed E-state index contributed by atoms with van der Waals surface area (Å²) in [5, 5.41) is 9.54. The van der Waals surface area contributed by atoms with Crippen LogP contribution in [-0.4, -0.2) is 17.8 Å². The minimum absolute atomic E-state index is 0.0981. The van der Waals surface area contributed by atoms with Crippen LogP contribution in [0.1, 0.15) is 31.2 Å².